The molecule has 0 aliphatic carbocycles. The summed E-state index contributed by atoms with van der Waals surface area (Å²) in [5.41, 5.74) is 1.19. The first-order valence-corrected chi connectivity index (χ1v) is 8.34. The van der Waals surface area contributed by atoms with Gasteiger partial charge in [-0.3, -0.25) is 9.48 Å². The molecule has 0 fully saturated rings. The number of aromatic nitrogens is 3. The van der Waals surface area contributed by atoms with Crippen LogP contribution in [0.25, 0.3) is 0 Å². The van der Waals surface area contributed by atoms with E-state index in [1.165, 1.54) is 13.1 Å². The molecule has 150 valence electrons. The van der Waals surface area contributed by atoms with Crippen molar-refractivity contribution < 1.29 is 32.3 Å². The number of hydrogen-bond donors (Lipinski definition) is 2. The zero-order valence-corrected chi connectivity index (χ0v) is 15.0. The van der Waals surface area contributed by atoms with Crippen LogP contribution in [-0.2, 0) is 26.7 Å². The monoisotopic (exact) mass is 390 g/mol. The highest BCUT2D eigenvalue weighted by Crippen LogP contribution is 2.20. The quantitative estimate of drug-likeness (QED) is 0.680. The third-order valence-corrected chi connectivity index (χ3v) is 3.77. The van der Waals surface area contributed by atoms with Crippen molar-refractivity contribution in [2.45, 2.75) is 45.6 Å². The molecule has 0 spiro atoms. The molecule has 0 saturated heterocycles. The van der Waals surface area contributed by atoms with Crippen LogP contribution in [0.2, 0.25) is 0 Å². The molecule has 2 N–H and O–H groups in total. The normalized spacial score (nSPS) is 11.6. The van der Waals surface area contributed by atoms with Gasteiger partial charge >= 0.3 is 6.18 Å². The summed E-state index contributed by atoms with van der Waals surface area (Å²) in [5, 5.41) is 19.0. The summed E-state index contributed by atoms with van der Waals surface area (Å²) in [6.45, 7) is 0.251. The SMILES string of the molecule is CCCCc1noc(CO)c1COc1cc(C(=O)NCC(F)(F)F)n(C)n1. The van der Waals surface area contributed by atoms with E-state index in [1.54, 1.807) is 5.32 Å². The Morgan fingerprint density at radius 3 is 2.81 bits per heavy atom. The molecule has 2 aromatic rings. The summed E-state index contributed by atoms with van der Waals surface area (Å²) in [6, 6.07) is 1.24. The van der Waals surface area contributed by atoms with E-state index in [4.69, 9.17) is 9.26 Å². The minimum Gasteiger partial charge on any atom is -0.472 e. The van der Waals surface area contributed by atoms with Crippen molar-refractivity contribution in [3.05, 3.63) is 28.8 Å². The van der Waals surface area contributed by atoms with Crippen molar-refractivity contribution in [1.29, 1.82) is 0 Å². The second-order valence-corrected chi connectivity index (χ2v) is 5.87. The minimum absolute atomic E-state index is 0.000928. The fourth-order valence-corrected chi connectivity index (χ4v) is 2.35. The lowest BCUT2D eigenvalue weighted by atomic mass is 10.1. The third kappa shape index (κ3) is 5.71. The lowest BCUT2D eigenvalue weighted by Crippen LogP contribution is -2.34. The van der Waals surface area contributed by atoms with Crippen molar-refractivity contribution in [1.82, 2.24) is 20.3 Å². The first-order chi connectivity index (χ1) is 12.7. The summed E-state index contributed by atoms with van der Waals surface area (Å²) < 4.78 is 48.4. The number of aliphatic hydroxyl groups excluding tert-OH is 1. The van der Waals surface area contributed by atoms with Crippen LogP contribution in [0.1, 0.15) is 47.3 Å². The van der Waals surface area contributed by atoms with Gasteiger partial charge in [-0.05, 0) is 12.8 Å². The average Bonchev–Trinajstić information content (AvgIpc) is 3.18. The molecular formula is C16H21F3N4O4. The van der Waals surface area contributed by atoms with Crippen LogP contribution >= 0.6 is 0 Å². The molecule has 0 aromatic carbocycles. The minimum atomic E-state index is -4.50. The molecule has 0 radical (unpaired) electrons. The van der Waals surface area contributed by atoms with Gasteiger partial charge in [-0.2, -0.15) is 13.2 Å². The van der Waals surface area contributed by atoms with Crippen LogP contribution in [-0.4, -0.2) is 38.7 Å². The number of alkyl halides is 3. The maximum atomic E-state index is 12.2. The van der Waals surface area contributed by atoms with Crippen LogP contribution < -0.4 is 10.1 Å². The fraction of sp³-hybridized carbons (Fsp3) is 0.562. The van der Waals surface area contributed by atoms with E-state index in [1.807, 2.05) is 6.92 Å². The Labute approximate surface area is 153 Å². The maximum absolute atomic E-state index is 12.2. The fourth-order valence-electron chi connectivity index (χ4n) is 2.35. The first kappa shape index (κ1) is 20.7. The summed E-state index contributed by atoms with van der Waals surface area (Å²) in [6.07, 6.45) is -2.00. The molecule has 0 atom stereocenters. The van der Waals surface area contributed by atoms with Gasteiger partial charge in [-0.25, -0.2) is 0 Å². The number of rotatable bonds is 9. The van der Waals surface area contributed by atoms with E-state index < -0.39 is 18.6 Å². The lowest BCUT2D eigenvalue weighted by molar-refractivity contribution is -0.123. The Balaban J connectivity index is 2.05. The summed E-state index contributed by atoms with van der Waals surface area (Å²) in [7, 11) is 1.42. The van der Waals surface area contributed by atoms with Gasteiger partial charge in [0.05, 0.1) is 11.3 Å². The second kappa shape index (κ2) is 8.89. The second-order valence-electron chi connectivity index (χ2n) is 5.87. The molecule has 0 bridgehead atoms. The molecule has 0 aliphatic heterocycles. The van der Waals surface area contributed by atoms with Crippen molar-refractivity contribution >= 4 is 5.91 Å². The summed E-state index contributed by atoms with van der Waals surface area (Å²) in [5.74, 6) is -0.580. The van der Waals surface area contributed by atoms with Crippen molar-refractivity contribution in [2.24, 2.45) is 7.05 Å². The Bertz CT molecular complexity index is 770. The highest BCUT2D eigenvalue weighted by Gasteiger charge is 2.28. The lowest BCUT2D eigenvalue weighted by Gasteiger charge is -2.07. The van der Waals surface area contributed by atoms with E-state index in [2.05, 4.69) is 10.3 Å². The average molecular weight is 390 g/mol. The highest BCUT2D eigenvalue weighted by atomic mass is 19.4. The Morgan fingerprint density at radius 2 is 2.19 bits per heavy atom. The number of carbonyl (C=O) groups excluding carboxylic acids is 1. The molecule has 2 rings (SSSR count). The van der Waals surface area contributed by atoms with Gasteiger partial charge in [0.1, 0.15) is 25.5 Å². The van der Waals surface area contributed by atoms with Gasteiger partial charge in [0.25, 0.3) is 5.91 Å². The Morgan fingerprint density at radius 1 is 1.44 bits per heavy atom. The van der Waals surface area contributed by atoms with Crippen LogP contribution in [0.15, 0.2) is 10.6 Å². The number of aryl methyl sites for hydroxylation is 2. The zero-order chi connectivity index (χ0) is 20.0. The van der Waals surface area contributed by atoms with E-state index in [0.29, 0.717) is 17.7 Å². The molecule has 0 unspecified atom stereocenters. The van der Waals surface area contributed by atoms with E-state index in [0.717, 1.165) is 17.5 Å². The van der Waals surface area contributed by atoms with Crippen molar-refractivity contribution in [3.8, 4) is 5.88 Å². The number of nitrogens with zero attached hydrogens (tertiary/aromatic N) is 3. The third-order valence-electron chi connectivity index (χ3n) is 3.77. The number of nitrogens with one attached hydrogen (secondary N) is 1. The number of aliphatic hydroxyl groups is 1. The molecule has 0 aliphatic rings. The Hall–Kier alpha value is -2.56. The van der Waals surface area contributed by atoms with Gasteiger partial charge in [0, 0.05) is 13.1 Å². The van der Waals surface area contributed by atoms with Gasteiger partial charge in [0.15, 0.2) is 5.76 Å². The van der Waals surface area contributed by atoms with E-state index >= 15 is 0 Å². The molecule has 27 heavy (non-hydrogen) atoms. The smallest absolute Gasteiger partial charge is 0.405 e. The molecule has 2 heterocycles. The van der Waals surface area contributed by atoms with Gasteiger partial charge in [-0.15, -0.1) is 5.10 Å². The molecule has 11 heteroatoms. The Kier molecular flexibility index (Phi) is 6.83. The number of amides is 1. The molecule has 8 nitrogen and oxygen atoms in total. The van der Waals surface area contributed by atoms with Crippen LogP contribution in [0.3, 0.4) is 0 Å². The number of unbranched alkanes of at least 4 members (excludes halogenated alkanes) is 1. The first-order valence-electron chi connectivity index (χ1n) is 8.34. The number of ether oxygens (including phenoxy) is 1. The zero-order valence-electron chi connectivity index (χ0n) is 15.0. The highest BCUT2D eigenvalue weighted by molar-refractivity contribution is 5.92. The van der Waals surface area contributed by atoms with Crippen LogP contribution in [0.5, 0.6) is 5.88 Å². The van der Waals surface area contributed by atoms with Crippen molar-refractivity contribution in [2.75, 3.05) is 6.54 Å². The largest absolute Gasteiger partial charge is 0.472 e. The maximum Gasteiger partial charge on any atom is 0.405 e. The van der Waals surface area contributed by atoms with Crippen molar-refractivity contribution in [3.63, 3.8) is 0 Å². The van der Waals surface area contributed by atoms with Crippen LogP contribution in [0.4, 0.5) is 13.2 Å². The molecule has 1 amide bonds. The van der Waals surface area contributed by atoms with Gasteiger partial charge in [0.2, 0.25) is 5.88 Å². The van der Waals surface area contributed by atoms with Crippen LogP contribution in [0, 0.1) is 0 Å². The number of carbonyl (C=O) groups is 1. The molecule has 0 saturated carbocycles. The molecular weight excluding hydrogens is 369 g/mol. The predicted octanol–water partition coefficient (Wildman–Crippen LogP) is 2.11. The predicted molar refractivity (Wildman–Crippen MR) is 87.0 cm³/mol. The topological polar surface area (TPSA) is 102 Å². The van der Waals surface area contributed by atoms with E-state index in [-0.39, 0.29) is 30.5 Å². The molecule has 2 aromatic heterocycles. The van der Waals surface area contributed by atoms with E-state index in [9.17, 15) is 23.1 Å². The number of hydrogen-bond acceptors (Lipinski definition) is 6. The van der Waals surface area contributed by atoms with Gasteiger partial charge < -0.3 is 19.7 Å². The number of halogens is 3. The summed E-state index contributed by atoms with van der Waals surface area (Å²) >= 11 is 0. The standard InChI is InChI=1S/C16H21F3N4O4/c1-3-4-5-11-10(13(7-24)27-22-11)8-26-14-6-12(23(2)21-14)15(25)20-9-16(17,18)19/h6,24H,3-5,7-9H2,1-2H3,(H,20,25). The van der Waals surface area contributed by atoms with Gasteiger partial charge in [-0.1, -0.05) is 18.5 Å². The summed E-state index contributed by atoms with van der Waals surface area (Å²) in [4.78, 5) is 11.8.